The molecule has 0 aliphatic heterocycles. The van der Waals surface area contributed by atoms with Gasteiger partial charge >= 0.3 is 0 Å². The second-order valence-corrected chi connectivity index (χ2v) is 5.14. The Bertz CT molecular complexity index is 631. The minimum absolute atomic E-state index is 0.139. The van der Waals surface area contributed by atoms with Crippen molar-refractivity contribution in [3.8, 4) is 0 Å². The number of aromatic nitrogens is 1. The summed E-state index contributed by atoms with van der Waals surface area (Å²) in [6.07, 6.45) is 1.91. The molecule has 1 aromatic carbocycles. The first kappa shape index (κ1) is 14.1. The Hall–Kier alpha value is -2.30. The Morgan fingerprint density at radius 1 is 1.30 bits per heavy atom. The Morgan fingerprint density at radius 2 is 2.00 bits per heavy atom. The highest BCUT2D eigenvalue weighted by molar-refractivity contribution is 5.90. The van der Waals surface area contributed by atoms with Crippen LogP contribution in [0.5, 0.6) is 0 Å². The number of rotatable bonds is 5. The van der Waals surface area contributed by atoms with Crippen molar-refractivity contribution in [1.82, 2.24) is 10.3 Å². The van der Waals surface area contributed by atoms with Crippen molar-refractivity contribution in [2.24, 2.45) is 5.92 Å². The van der Waals surface area contributed by atoms with E-state index in [2.05, 4.69) is 10.3 Å². The van der Waals surface area contributed by atoms with Crippen molar-refractivity contribution in [3.05, 3.63) is 36.0 Å². The van der Waals surface area contributed by atoms with Gasteiger partial charge in [0.25, 0.3) is 0 Å². The highest BCUT2D eigenvalue weighted by Gasteiger charge is 2.18. The van der Waals surface area contributed by atoms with Gasteiger partial charge in [0, 0.05) is 17.1 Å². The van der Waals surface area contributed by atoms with Crippen LogP contribution in [-0.2, 0) is 16.0 Å². The Labute approximate surface area is 117 Å². The number of carbonyl (C=O) groups excluding carboxylic acids is 2. The first-order valence-corrected chi connectivity index (χ1v) is 6.54. The van der Waals surface area contributed by atoms with Gasteiger partial charge in [-0.2, -0.15) is 0 Å². The molecule has 5 heteroatoms. The van der Waals surface area contributed by atoms with E-state index in [0.717, 1.165) is 16.5 Å². The van der Waals surface area contributed by atoms with Crippen LogP contribution in [0.15, 0.2) is 30.5 Å². The Kier molecular flexibility index (Phi) is 4.08. The number of H-pyrrole nitrogens is 1. The standard InChI is InChI=1S/C15H18N2O3/c1-9(2)14(15(19)20)17-13(18)7-10-8-16-12-6-4-3-5-11(10)12/h3-6,8-9,14,16H,7H2,1-2H3,(H,17,18)(H,19,20)/p-1/t14-/m0/s1. The van der Waals surface area contributed by atoms with E-state index >= 15 is 0 Å². The highest BCUT2D eigenvalue weighted by Crippen LogP contribution is 2.18. The van der Waals surface area contributed by atoms with Crippen LogP contribution in [0.1, 0.15) is 19.4 Å². The van der Waals surface area contributed by atoms with E-state index in [9.17, 15) is 14.7 Å². The monoisotopic (exact) mass is 273 g/mol. The zero-order valence-corrected chi connectivity index (χ0v) is 11.5. The van der Waals surface area contributed by atoms with Crippen molar-refractivity contribution < 1.29 is 14.7 Å². The average Bonchev–Trinajstić information content (AvgIpc) is 2.79. The number of hydrogen-bond donors (Lipinski definition) is 2. The molecule has 20 heavy (non-hydrogen) atoms. The number of carboxylic acid groups (broad SMARTS) is 1. The fourth-order valence-electron chi connectivity index (χ4n) is 2.17. The largest absolute Gasteiger partial charge is 0.548 e. The normalized spacial score (nSPS) is 12.6. The van der Waals surface area contributed by atoms with Gasteiger partial charge in [-0.05, 0) is 17.5 Å². The number of fused-ring (bicyclic) bond motifs is 1. The summed E-state index contributed by atoms with van der Waals surface area (Å²) in [6.45, 7) is 3.46. The van der Waals surface area contributed by atoms with Gasteiger partial charge in [0.15, 0.2) is 0 Å². The van der Waals surface area contributed by atoms with Gasteiger partial charge < -0.3 is 20.2 Å². The number of benzene rings is 1. The molecule has 0 radical (unpaired) electrons. The molecule has 0 saturated carbocycles. The lowest BCUT2D eigenvalue weighted by atomic mass is 10.0. The third-order valence-corrected chi connectivity index (χ3v) is 3.26. The first-order chi connectivity index (χ1) is 9.49. The number of para-hydroxylation sites is 1. The summed E-state index contributed by atoms with van der Waals surface area (Å²) < 4.78 is 0. The van der Waals surface area contributed by atoms with Gasteiger partial charge in [0.1, 0.15) is 0 Å². The Balaban J connectivity index is 2.10. The van der Waals surface area contributed by atoms with E-state index in [-0.39, 0.29) is 18.2 Å². The second kappa shape index (κ2) is 5.77. The number of carboxylic acids is 1. The molecule has 1 amide bonds. The van der Waals surface area contributed by atoms with Crippen LogP contribution >= 0.6 is 0 Å². The average molecular weight is 273 g/mol. The molecule has 0 aliphatic carbocycles. The maximum absolute atomic E-state index is 12.0. The van der Waals surface area contributed by atoms with E-state index in [4.69, 9.17) is 0 Å². The van der Waals surface area contributed by atoms with Crippen molar-refractivity contribution in [2.75, 3.05) is 0 Å². The minimum atomic E-state index is -1.26. The van der Waals surface area contributed by atoms with Crippen LogP contribution in [-0.4, -0.2) is 22.9 Å². The van der Waals surface area contributed by atoms with Crippen LogP contribution in [0, 0.1) is 5.92 Å². The fraction of sp³-hybridized carbons (Fsp3) is 0.333. The van der Waals surface area contributed by atoms with E-state index in [1.54, 1.807) is 20.0 Å². The summed E-state index contributed by atoms with van der Waals surface area (Å²) >= 11 is 0. The maximum Gasteiger partial charge on any atom is 0.225 e. The van der Waals surface area contributed by atoms with Crippen LogP contribution in [0.4, 0.5) is 0 Å². The molecule has 0 aliphatic rings. The number of hydrogen-bond acceptors (Lipinski definition) is 3. The summed E-state index contributed by atoms with van der Waals surface area (Å²) in [5, 5.41) is 14.4. The third kappa shape index (κ3) is 2.99. The lowest BCUT2D eigenvalue weighted by Gasteiger charge is -2.23. The second-order valence-electron chi connectivity index (χ2n) is 5.14. The molecule has 1 heterocycles. The van der Waals surface area contributed by atoms with Crippen LogP contribution < -0.4 is 10.4 Å². The predicted octanol–water partition coefficient (Wildman–Crippen LogP) is 0.601. The summed E-state index contributed by atoms with van der Waals surface area (Å²) in [5.74, 6) is -1.79. The van der Waals surface area contributed by atoms with Gasteiger partial charge in [-0.1, -0.05) is 32.0 Å². The summed E-state index contributed by atoms with van der Waals surface area (Å²) in [7, 11) is 0. The number of aliphatic carboxylic acids is 1. The third-order valence-electron chi connectivity index (χ3n) is 3.26. The molecule has 0 fully saturated rings. The number of carbonyl (C=O) groups is 2. The summed E-state index contributed by atoms with van der Waals surface area (Å²) in [5.41, 5.74) is 1.80. The van der Waals surface area contributed by atoms with Crippen molar-refractivity contribution in [1.29, 1.82) is 0 Å². The van der Waals surface area contributed by atoms with E-state index in [1.165, 1.54) is 0 Å². The van der Waals surface area contributed by atoms with Gasteiger partial charge in [0.05, 0.1) is 18.4 Å². The topological polar surface area (TPSA) is 85.0 Å². The Morgan fingerprint density at radius 3 is 2.65 bits per heavy atom. The summed E-state index contributed by atoms with van der Waals surface area (Å²) in [4.78, 5) is 26.0. The number of aromatic amines is 1. The van der Waals surface area contributed by atoms with Crippen molar-refractivity contribution in [2.45, 2.75) is 26.3 Å². The van der Waals surface area contributed by atoms with Crippen molar-refractivity contribution >= 4 is 22.8 Å². The summed E-state index contributed by atoms with van der Waals surface area (Å²) in [6, 6.07) is 6.69. The lowest BCUT2D eigenvalue weighted by molar-refractivity contribution is -0.309. The molecule has 0 saturated heterocycles. The van der Waals surface area contributed by atoms with E-state index in [1.807, 2.05) is 24.3 Å². The SMILES string of the molecule is CC(C)[C@H](NC(=O)Cc1c[nH]c2ccccc12)C(=O)[O-]. The molecule has 2 rings (SSSR count). The maximum atomic E-state index is 12.0. The fourth-order valence-corrected chi connectivity index (χ4v) is 2.17. The van der Waals surface area contributed by atoms with Gasteiger partial charge in [-0.3, -0.25) is 4.79 Å². The van der Waals surface area contributed by atoms with Crippen LogP contribution in [0.3, 0.4) is 0 Å². The molecule has 2 N–H and O–H groups in total. The number of amides is 1. The molecular weight excluding hydrogens is 256 g/mol. The van der Waals surface area contributed by atoms with E-state index in [0.29, 0.717) is 0 Å². The zero-order chi connectivity index (χ0) is 14.7. The van der Waals surface area contributed by atoms with Gasteiger partial charge in [-0.25, -0.2) is 0 Å². The molecule has 0 spiro atoms. The molecule has 0 unspecified atom stereocenters. The van der Waals surface area contributed by atoms with E-state index < -0.39 is 12.0 Å². The van der Waals surface area contributed by atoms with Gasteiger partial charge in [0.2, 0.25) is 5.91 Å². The number of nitrogens with one attached hydrogen (secondary N) is 2. The molecule has 106 valence electrons. The zero-order valence-electron chi connectivity index (χ0n) is 11.5. The van der Waals surface area contributed by atoms with Crippen LogP contribution in [0.25, 0.3) is 10.9 Å². The predicted molar refractivity (Wildman–Crippen MR) is 73.8 cm³/mol. The highest BCUT2D eigenvalue weighted by atomic mass is 16.4. The lowest BCUT2D eigenvalue weighted by Crippen LogP contribution is -2.51. The quantitative estimate of drug-likeness (QED) is 0.836. The molecular formula is C15H17N2O3-. The molecule has 0 bridgehead atoms. The van der Waals surface area contributed by atoms with Crippen molar-refractivity contribution in [3.63, 3.8) is 0 Å². The molecule has 2 aromatic rings. The van der Waals surface area contributed by atoms with Gasteiger partial charge in [-0.15, -0.1) is 0 Å². The molecule has 5 nitrogen and oxygen atoms in total. The minimum Gasteiger partial charge on any atom is -0.548 e. The smallest absolute Gasteiger partial charge is 0.225 e. The van der Waals surface area contributed by atoms with Crippen LogP contribution in [0.2, 0.25) is 0 Å². The molecule has 1 aromatic heterocycles. The molecule has 1 atom stereocenters. The first-order valence-electron chi connectivity index (χ1n) is 6.54.